The molecule has 0 spiro atoms. The topological polar surface area (TPSA) is 73.1 Å². The molecular formula is C24H28FN5O2. The number of rotatable bonds is 6. The summed E-state index contributed by atoms with van der Waals surface area (Å²) in [6.45, 7) is 7.71. The van der Waals surface area contributed by atoms with Gasteiger partial charge in [0.25, 0.3) is 0 Å². The Morgan fingerprint density at radius 2 is 1.91 bits per heavy atom. The lowest BCUT2D eigenvalue weighted by molar-refractivity contribution is -0.139. The van der Waals surface area contributed by atoms with E-state index in [2.05, 4.69) is 15.1 Å². The SMILES string of the molecule is Cc1cc(Cc2ccc(F)cc2)cc(C2CN(C(=O)CCn3nc(C)nc3C)CCO2)n1. The van der Waals surface area contributed by atoms with E-state index in [1.54, 1.807) is 16.8 Å². The van der Waals surface area contributed by atoms with Crippen LogP contribution in [0, 0.1) is 26.6 Å². The van der Waals surface area contributed by atoms with Gasteiger partial charge in [-0.2, -0.15) is 5.10 Å². The average Bonchev–Trinajstić information content (AvgIpc) is 3.10. The molecule has 7 nitrogen and oxygen atoms in total. The molecule has 1 amide bonds. The van der Waals surface area contributed by atoms with Crippen LogP contribution in [0.1, 0.15) is 46.7 Å². The van der Waals surface area contributed by atoms with Gasteiger partial charge in [0.1, 0.15) is 23.6 Å². The second kappa shape index (κ2) is 9.56. The van der Waals surface area contributed by atoms with Crippen molar-refractivity contribution in [3.8, 4) is 0 Å². The highest BCUT2D eigenvalue weighted by Gasteiger charge is 2.26. The highest BCUT2D eigenvalue weighted by Crippen LogP contribution is 2.24. The van der Waals surface area contributed by atoms with Crippen molar-refractivity contribution >= 4 is 5.91 Å². The van der Waals surface area contributed by atoms with E-state index in [1.165, 1.54) is 12.1 Å². The minimum absolute atomic E-state index is 0.0741. The maximum absolute atomic E-state index is 13.2. The molecule has 0 aliphatic carbocycles. The lowest BCUT2D eigenvalue weighted by Gasteiger charge is -2.33. The number of ether oxygens (including phenoxy) is 1. The largest absolute Gasteiger partial charge is 0.368 e. The Balaban J connectivity index is 1.42. The lowest BCUT2D eigenvalue weighted by atomic mass is 10.0. The zero-order valence-electron chi connectivity index (χ0n) is 18.7. The number of nitrogens with zero attached hydrogens (tertiary/aromatic N) is 5. The number of halogens is 1. The molecule has 2 aromatic heterocycles. The van der Waals surface area contributed by atoms with Crippen LogP contribution in [0.25, 0.3) is 0 Å². The second-order valence-corrected chi connectivity index (χ2v) is 8.22. The van der Waals surface area contributed by atoms with Crippen LogP contribution < -0.4 is 0 Å². The Bertz CT molecular complexity index is 1100. The van der Waals surface area contributed by atoms with Crippen molar-refractivity contribution in [2.24, 2.45) is 0 Å². The predicted molar refractivity (Wildman–Crippen MR) is 118 cm³/mol. The van der Waals surface area contributed by atoms with Crippen molar-refractivity contribution < 1.29 is 13.9 Å². The first kappa shape index (κ1) is 22.1. The first-order valence-corrected chi connectivity index (χ1v) is 10.9. The maximum atomic E-state index is 13.2. The molecular weight excluding hydrogens is 409 g/mol. The standard InChI is InChI=1S/C24H28FN5O2/c1-16-12-20(13-19-4-6-21(25)7-5-19)14-22(26-16)23-15-29(10-11-32-23)24(31)8-9-30-18(3)27-17(2)28-30/h4-7,12,14,23H,8-11,13,15H2,1-3H3. The third kappa shape index (κ3) is 5.37. The molecule has 1 aliphatic rings. The van der Waals surface area contributed by atoms with Gasteiger partial charge >= 0.3 is 0 Å². The molecule has 3 heterocycles. The summed E-state index contributed by atoms with van der Waals surface area (Å²) in [5, 5.41) is 4.33. The number of pyridine rings is 1. The zero-order valence-corrected chi connectivity index (χ0v) is 18.7. The molecule has 0 N–H and O–H groups in total. The van der Waals surface area contributed by atoms with Crippen molar-refractivity contribution in [1.29, 1.82) is 0 Å². The number of hydrogen-bond acceptors (Lipinski definition) is 5. The minimum Gasteiger partial charge on any atom is -0.368 e. The number of carbonyl (C=O) groups excluding carboxylic acids is 1. The van der Waals surface area contributed by atoms with Gasteiger partial charge in [0.15, 0.2) is 0 Å². The minimum atomic E-state index is -0.269. The van der Waals surface area contributed by atoms with E-state index in [1.807, 2.05) is 37.8 Å². The molecule has 1 unspecified atom stereocenters. The number of morpholine rings is 1. The summed E-state index contributed by atoms with van der Waals surface area (Å²) in [5.41, 5.74) is 3.83. The Kier molecular flexibility index (Phi) is 6.60. The van der Waals surface area contributed by atoms with Crippen LogP contribution in [0.2, 0.25) is 0 Å². The molecule has 0 radical (unpaired) electrons. The molecule has 0 bridgehead atoms. The Morgan fingerprint density at radius 3 is 2.62 bits per heavy atom. The summed E-state index contributed by atoms with van der Waals surface area (Å²) >= 11 is 0. The van der Waals surface area contributed by atoms with Gasteiger partial charge in [0.2, 0.25) is 5.91 Å². The van der Waals surface area contributed by atoms with Crippen LogP contribution in [-0.2, 0) is 22.5 Å². The van der Waals surface area contributed by atoms with E-state index >= 15 is 0 Å². The van der Waals surface area contributed by atoms with Gasteiger partial charge in [-0.15, -0.1) is 0 Å². The van der Waals surface area contributed by atoms with Crippen molar-refractivity contribution in [2.75, 3.05) is 19.7 Å². The number of aromatic nitrogens is 4. The number of hydrogen-bond donors (Lipinski definition) is 0. The summed E-state index contributed by atoms with van der Waals surface area (Å²) in [5.74, 6) is 1.36. The fraction of sp³-hybridized carbons (Fsp3) is 0.417. The zero-order chi connectivity index (χ0) is 22.7. The first-order valence-electron chi connectivity index (χ1n) is 10.9. The van der Waals surface area contributed by atoms with Crippen LogP contribution in [0.3, 0.4) is 0 Å². The monoisotopic (exact) mass is 437 g/mol. The molecule has 168 valence electrons. The Morgan fingerprint density at radius 1 is 1.12 bits per heavy atom. The van der Waals surface area contributed by atoms with Gasteiger partial charge < -0.3 is 9.64 Å². The summed E-state index contributed by atoms with van der Waals surface area (Å²) in [6, 6.07) is 10.6. The molecule has 1 aromatic carbocycles. The molecule has 1 fully saturated rings. The summed E-state index contributed by atoms with van der Waals surface area (Å²) in [4.78, 5) is 23.6. The molecule has 0 saturated carbocycles. The number of amides is 1. The van der Waals surface area contributed by atoms with Crippen LogP contribution in [-0.4, -0.2) is 50.3 Å². The second-order valence-electron chi connectivity index (χ2n) is 8.22. The fourth-order valence-corrected chi connectivity index (χ4v) is 4.06. The normalized spacial score (nSPS) is 16.4. The molecule has 4 rings (SSSR count). The lowest BCUT2D eigenvalue weighted by Crippen LogP contribution is -2.42. The fourth-order valence-electron chi connectivity index (χ4n) is 4.06. The third-order valence-corrected chi connectivity index (χ3v) is 5.60. The number of carbonyl (C=O) groups is 1. The van der Waals surface area contributed by atoms with Gasteiger partial charge in [0.05, 0.1) is 25.4 Å². The van der Waals surface area contributed by atoms with Crippen LogP contribution in [0.15, 0.2) is 36.4 Å². The highest BCUT2D eigenvalue weighted by molar-refractivity contribution is 5.76. The molecule has 8 heteroatoms. The first-order chi connectivity index (χ1) is 15.4. The van der Waals surface area contributed by atoms with E-state index in [9.17, 15) is 9.18 Å². The van der Waals surface area contributed by atoms with E-state index in [-0.39, 0.29) is 17.8 Å². The Labute approximate surface area is 187 Å². The van der Waals surface area contributed by atoms with E-state index < -0.39 is 0 Å². The van der Waals surface area contributed by atoms with E-state index in [4.69, 9.17) is 4.74 Å². The molecule has 32 heavy (non-hydrogen) atoms. The van der Waals surface area contributed by atoms with Crippen molar-refractivity contribution in [1.82, 2.24) is 24.6 Å². The van der Waals surface area contributed by atoms with Gasteiger partial charge in [-0.1, -0.05) is 12.1 Å². The summed E-state index contributed by atoms with van der Waals surface area (Å²) < 4.78 is 20.9. The van der Waals surface area contributed by atoms with Gasteiger partial charge in [-0.3, -0.25) is 9.78 Å². The smallest absolute Gasteiger partial charge is 0.224 e. The van der Waals surface area contributed by atoms with Crippen LogP contribution in [0.5, 0.6) is 0 Å². The number of benzene rings is 1. The summed E-state index contributed by atoms with van der Waals surface area (Å²) in [6.07, 6.45) is 0.783. The summed E-state index contributed by atoms with van der Waals surface area (Å²) in [7, 11) is 0. The van der Waals surface area contributed by atoms with Gasteiger partial charge in [-0.05, 0) is 62.6 Å². The quantitative estimate of drug-likeness (QED) is 0.592. The molecule has 3 aromatic rings. The third-order valence-electron chi connectivity index (χ3n) is 5.60. The predicted octanol–water partition coefficient (Wildman–Crippen LogP) is 3.32. The molecule has 1 aliphatic heterocycles. The maximum Gasteiger partial charge on any atom is 0.224 e. The number of aryl methyl sites for hydroxylation is 4. The Hall–Kier alpha value is -3.13. The van der Waals surface area contributed by atoms with Crippen LogP contribution >= 0.6 is 0 Å². The van der Waals surface area contributed by atoms with Crippen molar-refractivity contribution in [3.05, 3.63) is 76.4 Å². The molecule has 1 atom stereocenters. The highest BCUT2D eigenvalue weighted by atomic mass is 19.1. The van der Waals surface area contributed by atoms with Gasteiger partial charge in [0, 0.05) is 18.7 Å². The average molecular weight is 438 g/mol. The molecule has 1 saturated heterocycles. The van der Waals surface area contributed by atoms with Crippen LogP contribution in [0.4, 0.5) is 4.39 Å². The van der Waals surface area contributed by atoms with Crippen molar-refractivity contribution in [3.63, 3.8) is 0 Å². The van der Waals surface area contributed by atoms with Crippen molar-refractivity contribution in [2.45, 2.75) is 46.3 Å². The van der Waals surface area contributed by atoms with E-state index in [0.717, 1.165) is 28.3 Å². The van der Waals surface area contributed by atoms with Gasteiger partial charge in [-0.25, -0.2) is 14.1 Å². The van der Waals surface area contributed by atoms with E-state index in [0.29, 0.717) is 44.9 Å².